The minimum absolute atomic E-state index is 0.0179. The van der Waals surface area contributed by atoms with E-state index >= 15 is 0 Å². The topological polar surface area (TPSA) is 67.2 Å². The molecule has 0 atom stereocenters. The van der Waals surface area contributed by atoms with Crippen molar-refractivity contribution in [2.45, 2.75) is 47.2 Å². The van der Waals surface area contributed by atoms with Gasteiger partial charge in [0.1, 0.15) is 5.69 Å². The Morgan fingerprint density at radius 1 is 1.00 bits per heavy atom. The predicted octanol–water partition coefficient (Wildman–Crippen LogP) is 4.20. The molecular weight excluding hydrogens is 400 g/mol. The summed E-state index contributed by atoms with van der Waals surface area (Å²) in [5, 5.41) is 7.62. The summed E-state index contributed by atoms with van der Waals surface area (Å²) in [7, 11) is 0. The fraction of sp³-hybridized carbons (Fsp3) is 0.346. The molecule has 0 radical (unpaired) electrons. The summed E-state index contributed by atoms with van der Waals surface area (Å²) in [6.07, 6.45) is 1.79. The Bertz CT molecular complexity index is 1070. The van der Waals surface area contributed by atoms with Crippen molar-refractivity contribution in [2.24, 2.45) is 0 Å². The van der Waals surface area contributed by atoms with Crippen LogP contribution in [-0.4, -0.2) is 45.6 Å². The summed E-state index contributed by atoms with van der Waals surface area (Å²) in [6, 6.07) is 16.3. The predicted molar refractivity (Wildman–Crippen MR) is 128 cm³/mol. The molecule has 32 heavy (non-hydrogen) atoms. The van der Waals surface area contributed by atoms with Crippen LogP contribution in [0.3, 0.4) is 0 Å². The van der Waals surface area contributed by atoms with E-state index in [9.17, 15) is 9.59 Å². The highest BCUT2D eigenvalue weighted by Crippen LogP contribution is 2.24. The molecule has 3 rings (SSSR count). The van der Waals surface area contributed by atoms with Crippen LogP contribution in [0.1, 0.15) is 47.8 Å². The Balaban J connectivity index is 1.94. The molecule has 2 aromatic carbocycles. The SMILES string of the molecule is CCN(CC(=O)NC(C)C)C(=O)c1cn(Cc2ccc(C)cc2)nc1-c1ccc(C)cc1. The van der Waals surface area contributed by atoms with E-state index in [-0.39, 0.29) is 24.4 Å². The van der Waals surface area contributed by atoms with Crippen LogP contribution in [0.5, 0.6) is 0 Å². The van der Waals surface area contributed by atoms with Crippen LogP contribution in [0.15, 0.2) is 54.7 Å². The number of aromatic nitrogens is 2. The average Bonchev–Trinajstić information content (AvgIpc) is 3.17. The van der Waals surface area contributed by atoms with Crippen molar-refractivity contribution in [3.63, 3.8) is 0 Å². The number of amides is 2. The molecule has 1 N–H and O–H groups in total. The molecule has 6 heteroatoms. The van der Waals surface area contributed by atoms with Crippen LogP contribution in [0.4, 0.5) is 0 Å². The average molecular weight is 433 g/mol. The number of carbonyl (C=O) groups excluding carboxylic acids is 2. The van der Waals surface area contributed by atoms with Crippen LogP contribution < -0.4 is 5.32 Å². The van der Waals surface area contributed by atoms with Gasteiger partial charge in [0.25, 0.3) is 5.91 Å². The van der Waals surface area contributed by atoms with Gasteiger partial charge in [-0.3, -0.25) is 14.3 Å². The number of aryl methyl sites for hydroxylation is 2. The first-order valence-corrected chi connectivity index (χ1v) is 11.1. The van der Waals surface area contributed by atoms with Crippen LogP contribution >= 0.6 is 0 Å². The van der Waals surface area contributed by atoms with Crippen molar-refractivity contribution in [3.05, 3.63) is 77.0 Å². The van der Waals surface area contributed by atoms with E-state index in [1.165, 1.54) is 5.56 Å². The van der Waals surface area contributed by atoms with Gasteiger partial charge in [0.2, 0.25) is 5.91 Å². The Morgan fingerprint density at radius 3 is 2.16 bits per heavy atom. The van der Waals surface area contributed by atoms with Gasteiger partial charge in [-0.1, -0.05) is 59.7 Å². The van der Waals surface area contributed by atoms with Crippen molar-refractivity contribution in [1.29, 1.82) is 0 Å². The Labute approximate surface area is 190 Å². The Kier molecular flexibility index (Phi) is 7.46. The molecule has 1 aromatic heterocycles. The summed E-state index contributed by atoms with van der Waals surface area (Å²) in [4.78, 5) is 27.3. The molecule has 0 fully saturated rings. The lowest BCUT2D eigenvalue weighted by Crippen LogP contribution is -2.42. The number of rotatable bonds is 8. The number of benzene rings is 2. The van der Waals surface area contributed by atoms with Crippen molar-refractivity contribution in [1.82, 2.24) is 20.0 Å². The van der Waals surface area contributed by atoms with E-state index in [2.05, 4.69) is 36.5 Å². The van der Waals surface area contributed by atoms with E-state index in [0.29, 0.717) is 24.3 Å². The highest BCUT2D eigenvalue weighted by Gasteiger charge is 2.24. The second-order valence-electron chi connectivity index (χ2n) is 8.48. The third kappa shape index (κ3) is 5.84. The van der Waals surface area contributed by atoms with Gasteiger partial charge in [-0.25, -0.2) is 0 Å². The molecule has 0 saturated heterocycles. The zero-order chi connectivity index (χ0) is 23.3. The number of hydrogen-bond acceptors (Lipinski definition) is 3. The van der Waals surface area contributed by atoms with Gasteiger partial charge in [-0.2, -0.15) is 5.10 Å². The van der Waals surface area contributed by atoms with Gasteiger partial charge in [0.05, 0.1) is 18.7 Å². The molecule has 0 aliphatic heterocycles. The third-order valence-corrected chi connectivity index (χ3v) is 5.24. The fourth-order valence-corrected chi connectivity index (χ4v) is 3.50. The van der Waals surface area contributed by atoms with E-state index < -0.39 is 0 Å². The fourth-order valence-electron chi connectivity index (χ4n) is 3.50. The largest absolute Gasteiger partial charge is 0.352 e. The van der Waals surface area contributed by atoms with Crippen molar-refractivity contribution in [3.8, 4) is 11.3 Å². The van der Waals surface area contributed by atoms with Gasteiger partial charge < -0.3 is 10.2 Å². The van der Waals surface area contributed by atoms with Crippen LogP contribution in [0.25, 0.3) is 11.3 Å². The molecule has 0 spiro atoms. The number of likely N-dealkylation sites (N-methyl/N-ethyl adjacent to an activating group) is 1. The highest BCUT2D eigenvalue weighted by atomic mass is 16.2. The van der Waals surface area contributed by atoms with E-state index in [0.717, 1.165) is 16.7 Å². The maximum absolute atomic E-state index is 13.5. The van der Waals surface area contributed by atoms with Crippen LogP contribution in [0.2, 0.25) is 0 Å². The first kappa shape index (κ1) is 23.3. The van der Waals surface area contributed by atoms with E-state index in [4.69, 9.17) is 5.10 Å². The van der Waals surface area contributed by atoms with Crippen LogP contribution in [0, 0.1) is 13.8 Å². The summed E-state index contributed by atoms with van der Waals surface area (Å²) in [5.74, 6) is -0.365. The third-order valence-electron chi connectivity index (χ3n) is 5.24. The first-order chi connectivity index (χ1) is 15.3. The number of carbonyl (C=O) groups is 2. The summed E-state index contributed by atoms with van der Waals surface area (Å²) < 4.78 is 1.80. The number of nitrogens with one attached hydrogen (secondary N) is 1. The lowest BCUT2D eigenvalue weighted by atomic mass is 10.1. The summed E-state index contributed by atoms with van der Waals surface area (Å²) >= 11 is 0. The second kappa shape index (κ2) is 10.3. The van der Waals surface area contributed by atoms with Crippen molar-refractivity contribution >= 4 is 11.8 Å². The Hall–Kier alpha value is -3.41. The maximum atomic E-state index is 13.5. The first-order valence-electron chi connectivity index (χ1n) is 11.1. The highest BCUT2D eigenvalue weighted by molar-refractivity contribution is 6.01. The molecule has 3 aromatic rings. The van der Waals surface area contributed by atoms with Crippen molar-refractivity contribution in [2.75, 3.05) is 13.1 Å². The normalized spacial score (nSPS) is 10.9. The molecule has 0 bridgehead atoms. The van der Waals surface area contributed by atoms with E-state index in [1.807, 2.05) is 52.0 Å². The monoisotopic (exact) mass is 432 g/mol. The minimum Gasteiger partial charge on any atom is -0.352 e. The molecule has 168 valence electrons. The van der Waals surface area contributed by atoms with Crippen LogP contribution in [-0.2, 0) is 11.3 Å². The molecular formula is C26H32N4O2. The molecule has 1 heterocycles. The van der Waals surface area contributed by atoms with Gasteiger partial charge in [0, 0.05) is 24.3 Å². The van der Waals surface area contributed by atoms with Gasteiger partial charge in [-0.15, -0.1) is 0 Å². The van der Waals surface area contributed by atoms with Gasteiger partial charge >= 0.3 is 0 Å². The molecule has 0 aliphatic rings. The maximum Gasteiger partial charge on any atom is 0.258 e. The minimum atomic E-state index is -0.197. The molecule has 0 aliphatic carbocycles. The summed E-state index contributed by atoms with van der Waals surface area (Å²) in [5.41, 5.74) is 5.45. The zero-order valence-corrected chi connectivity index (χ0v) is 19.6. The Morgan fingerprint density at radius 2 is 1.59 bits per heavy atom. The zero-order valence-electron chi connectivity index (χ0n) is 19.6. The number of nitrogens with zero attached hydrogens (tertiary/aromatic N) is 3. The lowest BCUT2D eigenvalue weighted by molar-refractivity contribution is -0.122. The van der Waals surface area contributed by atoms with Gasteiger partial charge in [0.15, 0.2) is 0 Å². The van der Waals surface area contributed by atoms with E-state index in [1.54, 1.807) is 15.8 Å². The molecule has 0 saturated carbocycles. The molecule has 6 nitrogen and oxygen atoms in total. The number of hydrogen-bond donors (Lipinski definition) is 1. The standard InChI is InChI=1S/C26H32N4O2/c1-6-29(17-24(31)27-18(2)3)26(32)23-16-30(15-21-11-7-19(4)8-12-21)28-25(23)22-13-9-20(5)10-14-22/h7-14,16,18H,6,15,17H2,1-5H3,(H,27,31). The lowest BCUT2D eigenvalue weighted by Gasteiger charge is -2.21. The second-order valence-corrected chi connectivity index (χ2v) is 8.48. The van der Waals surface area contributed by atoms with Crippen molar-refractivity contribution < 1.29 is 9.59 Å². The smallest absolute Gasteiger partial charge is 0.258 e. The van der Waals surface area contributed by atoms with Gasteiger partial charge in [-0.05, 0) is 40.2 Å². The molecule has 2 amide bonds. The summed E-state index contributed by atoms with van der Waals surface area (Å²) in [6.45, 7) is 10.8. The quantitative estimate of drug-likeness (QED) is 0.580. The molecule has 0 unspecified atom stereocenters.